The zero-order valence-electron chi connectivity index (χ0n) is 9.40. The van der Waals surface area contributed by atoms with Crippen LogP contribution in [0.3, 0.4) is 0 Å². The van der Waals surface area contributed by atoms with Crippen LogP contribution in [0.2, 0.25) is 0 Å². The Hall–Kier alpha value is -1.83. The highest BCUT2D eigenvalue weighted by Gasteiger charge is 2.19. The smallest absolute Gasteiger partial charge is 0.129 e. The molecule has 2 heteroatoms. The summed E-state index contributed by atoms with van der Waals surface area (Å²) in [5.41, 5.74) is 0.472. The molecule has 0 aliphatic rings. The molecule has 2 nitrogen and oxygen atoms in total. The van der Waals surface area contributed by atoms with Gasteiger partial charge in [0.05, 0.1) is 0 Å². The molecule has 2 rings (SSSR count). The Bertz CT molecular complexity index is 541. The Kier molecular flexibility index (Phi) is 2.43. The molecule has 0 radical (unpaired) electrons. The Morgan fingerprint density at radius 1 is 1.19 bits per heavy atom. The molecule has 82 valence electrons. The number of aromatic hydroxyl groups is 1. The molecule has 0 spiro atoms. The van der Waals surface area contributed by atoms with Crippen LogP contribution < -0.4 is 0 Å². The third-order valence-corrected chi connectivity index (χ3v) is 2.90. The van der Waals surface area contributed by atoms with E-state index in [9.17, 15) is 9.90 Å². The number of rotatable bonds is 2. The van der Waals surface area contributed by atoms with E-state index in [1.165, 1.54) is 0 Å². The summed E-state index contributed by atoms with van der Waals surface area (Å²) in [6, 6.07) is 11.1. The molecule has 0 aromatic heterocycles. The molecule has 0 bridgehead atoms. The molecular formula is C14H14O2. The lowest BCUT2D eigenvalue weighted by atomic mass is 9.85. The lowest BCUT2D eigenvalue weighted by Crippen LogP contribution is -2.18. The van der Waals surface area contributed by atoms with Gasteiger partial charge in [-0.3, -0.25) is 0 Å². The molecular weight excluding hydrogens is 200 g/mol. The highest BCUT2D eigenvalue weighted by molar-refractivity contribution is 5.89. The van der Waals surface area contributed by atoms with Crippen LogP contribution in [0, 0.1) is 0 Å². The van der Waals surface area contributed by atoms with E-state index >= 15 is 0 Å². The fourth-order valence-corrected chi connectivity index (χ4v) is 1.74. The number of phenolic OH excluding ortho intramolecular Hbond substituents is 1. The molecule has 0 heterocycles. The number of aldehydes is 1. The van der Waals surface area contributed by atoms with E-state index in [-0.39, 0.29) is 5.75 Å². The van der Waals surface area contributed by atoms with Crippen LogP contribution in [0.25, 0.3) is 10.8 Å². The quantitative estimate of drug-likeness (QED) is 0.780. The maximum absolute atomic E-state index is 11.0. The van der Waals surface area contributed by atoms with Gasteiger partial charge in [0.1, 0.15) is 12.0 Å². The van der Waals surface area contributed by atoms with Crippen molar-refractivity contribution in [1.82, 2.24) is 0 Å². The summed E-state index contributed by atoms with van der Waals surface area (Å²) < 4.78 is 0. The van der Waals surface area contributed by atoms with Gasteiger partial charge in [0.15, 0.2) is 0 Å². The number of fused-ring (bicyclic) bond motifs is 1. The Labute approximate surface area is 94.5 Å². The Morgan fingerprint density at radius 3 is 2.62 bits per heavy atom. The number of carbonyl (C=O) groups is 1. The van der Waals surface area contributed by atoms with Crippen molar-refractivity contribution in [2.45, 2.75) is 19.3 Å². The van der Waals surface area contributed by atoms with Gasteiger partial charge in [0.2, 0.25) is 0 Å². The number of benzene rings is 2. The minimum absolute atomic E-state index is 0.271. The predicted octanol–water partition coefficient (Wildman–Crippen LogP) is 3.02. The van der Waals surface area contributed by atoms with Crippen LogP contribution in [0.1, 0.15) is 19.4 Å². The number of carbonyl (C=O) groups excluding carboxylic acids is 1. The normalized spacial score (nSPS) is 11.6. The molecule has 0 aliphatic carbocycles. The van der Waals surface area contributed by atoms with Crippen LogP contribution >= 0.6 is 0 Å². The average molecular weight is 214 g/mol. The second-order valence-corrected chi connectivity index (χ2v) is 4.55. The lowest BCUT2D eigenvalue weighted by molar-refractivity contribution is -0.111. The third-order valence-electron chi connectivity index (χ3n) is 2.90. The first-order valence-corrected chi connectivity index (χ1v) is 5.23. The lowest BCUT2D eigenvalue weighted by Gasteiger charge is -2.17. The van der Waals surface area contributed by atoms with Gasteiger partial charge in [-0.1, -0.05) is 30.3 Å². The van der Waals surface area contributed by atoms with Gasteiger partial charge < -0.3 is 9.90 Å². The van der Waals surface area contributed by atoms with E-state index in [0.717, 1.165) is 22.6 Å². The Morgan fingerprint density at radius 2 is 1.94 bits per heavy atom. The number of phenols is 1. The van der Waals surface area contributed by atoms with Crippen LogP contribution in [0.5, 0.6) is 5.75 Å². The van der Waals surface area contributed by atoms with E-state index < -0.39 is 5.41 Å². The van der Waals surface area contributed by atoms with Crippen molar-refractivity contribution in [3.63, 3.8) is 0 Å². The van der Waals surface area contributed by atoms with E-state index in [1.54, 1.807) is 12.1 Å². The molecule has 0 aliphatic heterocycles. The first kappa shape index (κ1) is 10.7. The molecule has 2 aromatic rings. The van der Waals surface area contributed by atoms with Crippen molar-refractivity contribution < 1.29 is 9.90 Å². The molecule has 0 atom stereocenters. The van der Waals surface area contributed by atoms with Crippen molar-refractivity contribution in [3.05, 3.63) is 42.0 Å². The zero-order chi connectivity index (χ0) is 11.8. The summed E-state index contributed by atoms with van der Waals surface area (Å²) in [5.74, 6) is 0.271. The maximum atomic E-state index is 11.0. The molecule has 0 unspecified atom stereocenters. The highest BCUT2D eigenvalue weighted by Crippen LogP contribution is 2.29. The fourth-order valence-electron chi connectivity index (χ4n) is 1.74. The molecule has 1 N–H and O–H groups in total. The van der Waals surface area contributed by atoms with Gasteiger partial charge in [-0.15, -0.1) is 0 Å². The summed E-state index contributed by atoms with van der Waals surface area (Å²) in [5, 5.41) is 11.4. The second kappa shape index (κ2) is 3.63. The zero-order valence-corrected chi connectivity index (χ0v) is 9.40. The molecule has 0 saturated carbocycles. The van der Waals surface area contributed by atoms with Crippen molar-refractivity contribution in [2.75, 3.05) is 0 Å². The predicted molar refractivity (Wildman–Crippen MR) is 64.7 cm³/mol. The topological polar surface area (TPSA) is 37.3 Å². The minimum Gasteiger partial charge on any atom is -0.507 e. The summed E-state index contributed by atoms with van der Waals surface area (Å²) in [6.07, 6.45) is 0.941. The second-order valence-electron chi connectivity index (χ2n) is 4.55. The van der Waals surface area contributed by atoms with Crippen molar-refractivity contribution in [1.29, 1.82) is 0 Å². The van der Waals surface area contributed by atoms with E-state index in [0.29, 0.717) is 0 Å². The molecule has 0 amide bonds. The van der Waals surface area contributed by atoms with Gasteiger partial charge >= 0.3 is 0 Å². The largest absolute Gasteiger partial charge is 0.507 e. The van der Waals surface area contributed by atoms with Gasteiger partial charge in [-0.2, -0.15) is 0 Å². The van der Waals surface area contributed by atoms with Crippen LogP contribution in [-0.4, -0.2) is 11.4 Å². The van der Waals surface area contributed by atoms with E-state index in [1.807, 2.05) is 38.1 Å². The highest BCUT2D eigenvalue weighted by atomic mass is 16.3. The summed E-state index contributed by atoms with van der Waals surface area (Å²) in [7, 11) is 0. The first-order chi connectivity index (χ1) is 7.54. The molecule has 16 heavy (non-hydrogen) atoms. The summed E-state index contributed by atoms with van der Waals surface area (Å²) in [6.45, 7) is 3.76. The van der Waals surface area contributed by atoms with Gasteiger partial charge in [0.25, 0.3) is 0 Å². The van der Waals surface area contributed by atoms with Gasteiger partial charge in [0, 0.05) is 10.8 Å². The average Bonchev–Trinajstić information content (AvgIpc) is 2.29. The SMILES string of the molecule is CC(C)(C=O)c1ccc2c(O)cccc2c1. The summed E-state index contributed by atoms with van der Waals surface area (Å²) in [4.78, 5) is 11.0. The van der Waals surface area contributed by atoms with Gasteiger partial charge in [-0.25, -0.2) is 0 Å². The van der Waals surface area contributed by atoms with Crippen LogP contribution in [0.15, 0.2) is 36.4 Å². The first-order valence-electron chi connectivity index (χ1n) is 5.23. The van der Waals surface area contributed by atoms with Crippen molar-refractivity contribution >= 4 is 17.1 Å². The Balaban J connectivity index is 2.66. The number of hydrogen-bond donors (Lipinski definition) is 1. The summed E-state index contributed by atoms with van der Waals surface area (Å²) >= 11 is 0. The van der Waals surface area contributed by atoms with Gasteiger partial charge in [-0.05, 0) is 30.9 Å². The number of hydrogen-bond acceptors (Lipinski definition) is 2. The van der Waals surface area contributed by atoms with Crippen LogP contribution in [-0.2, 0) is 10.2 Å². The fraction of sp³-hybridized carbons (Fsp3) is 0.214. The van der Waals surface area contributed by atoms with Crippen molar-refractivity contribution in [3.8, 4) is 5.75 Å². The minimum atomic E-state index is -0.486. The monoisotopic (exact) mass is 214 g/mol. The molecule has 2 aromatic carbocycles. The maximum Gasteiger partial charge on any atom is 0.129 e. The molecule has 0 fully saturated rings. The van der Waals surface area contributed by atoms with E-state index in [2.05, 4.69) is 0 Å². The van der Waals surface area contributed by atoms with E-state index in [4.69, 9.17) is 0 Å². The van der Waals surface area contributed by atoms with Crippen LogP contribution in [0.4, 0.5) is 0 Å². The molecule has 0 saturated heterocycles. The standard InChI is InChI=1S/C14H14O2/c1-14(2,9-15)11-6-7-12-10(8-11)4-3-5-13(12)16/h3-9,16H,1-2H3. The third kappa shape index (κ3) is 1.67. The van der Waals surface area contributed by atoms with Crippen molar-refractivity contribution in [2.24, 2.45) is 0 Å².